The number of carbonyl (C=O) groups is 1. The van der Waals surface area contributed by atoms with E-state index in [-0.39, 0.29) is 12.2 Å². The fourth-order valence-corrected chi connectivity index (χ4v) is 2.49. The van der Waals surface area contributed by atoms with Gasteiger partial charge in [0.1, 0.15) is 5.82 Å². The Morgan fingerprint density at radius 1 is 1.39 bits per heavy atom. The zero-order valence-corrected chi connectivity index (χ0v) is 11.3. The number of aliphatic carboxylic acids is 1. The van der Waals surface area contributed by atoms with Gasteiger partial charge in [-0.25, -0.2) is 4.39 Å². The highest BCUT2D eigenvalue weighted by Gasteiger charge is 2.04. The van der Waals surface area contributed by atoms with Crippen molar-refractivity contribution < 1.29 is 14.3 Å². The third-order valence-electron chi connectivity index (χ3n) is 2.50. The highest BCUT2D eigenvalue weighted by Crippen LogP contribution is 2.20. The summed E-state index contributed by atoms with van der Waals surface area (Å²) in [6.07, 6.45) is 0.848. The summed E-state index contributed by atoms with van der Waals surface area (Å²) in [6.45, 7) is 1.57. The van der Waals surface area contributed by atoms with Crippen molar-refractivity contribution in [3.8, 4) is 0 Å². The van der Waals surface area contributed by atoms with Crippen LogP contribution in [0.15, 0.2) is 29.2 Å². The molecule has 1 aromatic carbocycles. The molecular weight excluding hydrogens is 253 g/mol. The van der Waals surface area contributed by atoms with Crippen LogP contribution in [0.5, 0.6) is 0 Å². The molecular formula is C13H18FNO2S. The van der Waals surface area contributed by atoms with Gasteiger partial charge < -0.3 is 10.0 Å². The second kappa shape index (κ2) is 8.11. The molecule has 0 aromatic heterocycles. The molecule has 0 aliphatic carbocycles. The van der Waals surface area contributed by atoms with Crippen LogP contribution in [0, 0.1) is 5.82 Å². The molecule has 0 heterocycles. The van der Waals surface area contributed by atoms with Crippen LogP contribution < -0.4 is 0 Å². The van der Waals surface area contributed by atoms with Crippen molar-refractivity contribution in [2.75, 3.05) is 25.9 Å². The number of benzene rings is 1. The number of hydrogen-bond acceptors (Lipinski definition) is 3. The minimum atomic E-state index is -0.760. The predicted octanol–water partition coefficient (Wildman–Crippen LogP) is 2.71. The molecule has 5 heteroatoms. The average Bonchev–Trinajstić information content (AvgIpc) is 2.31. The Morgan fingerprint density at radius 3 is 2.78 bits per heavy atom. The van der Waals surface area contributed by atoms with E-state index in [0.29, 0.717) is 11.3 Å². The largest absolute Gasteiger partial charge is 0.481 e. The van der Waals surface area contributed by atoms with Crippen LogP contribution >= 0.6 is 11.8 Å². The number of thioether (sulfide) groups is 1. The summed E-state index contributed by atoms with van der Waals surface area (Å²) >= 11 is 1.48. The summed E-state index contributed by atoms with van der Waals surface area (Å²) in [7, 11) is 1.95. The van der Waals surface area contributed by atoms with E-state index >= 15 is 0 Å². The Morgan fingerprint density at radius 2 is 2.11 bits per heavy atom. The Bertz CT molecular complexity index is 387. The van der Waals surface area contributed by atoms with Gasteiger partial charge in [0.15, 0.2) is 0 Å². The van der Waals surface area contributed by atoms with Crippen LogP contribution in [0.4, 0.5) is 4.39 Å². The number of carboxylic acid groups (broad SMARTS) is 1. The number of rotatable bonds is 8. The maximum Gasteiger partial charge on any atom is 0.303 e. The first-order valence-corrected chi connectivity index (χ1v) is 6.86. The molecule has 0 unspecified atom stereocenters. The van der Waals surface area contributed by atoms with E-state index in [2.05, 4.69) is 4.90 Å². The first-order valence-electron chi connectivity index (χ1n) is 5.87. The highest BCUT2D eigenvalue weighted by molar-refractivity contribution is 7.99. The van der Waals surface area contributed by atoms with Crippen LogP contribution in [0.1, 0.15) is 12.8 Å². The van der Waals surface area contributed by atoms with Gasteiger partial charge in [-0.2, -0.15) is 0 Å². The molecule has 1 rings (SSSR count). The van der Waals surface area contributed by atoms with E-state index in [1.165, 1.54) is 17.8 Å². The van der Waals surface area contributed by atoms with Crippen LogP contribution in [-0.2, 0) is 4.79 Å². The molecule has 0 radical (unpaired) electrons. The van der Waals surface area contributed by atoms with Gasteiger partial charge in [-0.1, -0.05) is 12.1 Å². The van der Waals surface area contributed by atoms with E-state index in [1.54, 1.807) is 12.1 Å². The monoisotopic (exact) mass is 271 g/mol. The molecule has 1 N–H and O–H groups in total. The topological polar surface area (TPSA) is 40.5 Å². The first kappa shape index (κ1) is 15.0. The maximum absolute atomic E-state index is 13.3. The standard InChI is InChI=1S/C13H18FNO2S/c1-15(8-4-7-13(16)17)9-10-18-12-6-3-2-5-11(12)14/h2-3,5-6H,4,7-10H2,1H3,(H,16,17). The van der Waals surface area contributed by atoms with Crippen molar-refractivity contribution in [1.82, 2.24) is 4.90 Å². The van der Waals surface area contributed by atoms with Crippen molar-refractivity contribution in [2.45, 2.75) is 17.7 Å². The second-order valence-corrected chi connectivity index (χ2v) is 5.22. The van der Waals surface area contributed by atoms with Crippen LogP contribution in [0.3, 0.4) is 0 Å². The van der Waals surface area contributed by atoms with Gasteiger partial charge in [0.2, 0.25) is 0 Å². The maximum atomic E-state index is 13.3. The summed E-state index contributed by atoms with van der Waals surface area (Å²) in [6, 6.07) is 6.72. The number of carboxylic acids is 1. The molecule has 0 aliphatic rings. The number of hydrogen-bond donors (Lipinski definition) is 1. The molecule has 0 saturated carbocycles. The third kappa shape index (κ3) is 6.02. The van der Waals surface area contributed by atoms with Crippen molar-refractivity contribution in [1.29, 1.82) is 0 Å². The van der Waals surface area contributed by atoms with Crippen LogP contribution in [0.25, 0.3) is 0 Å². The van der Waals surface area contributed by atoms with Crippen molar-refractivity contribution in [2.24, 2.45) is 0 Å². The Hall–Kier alpha value is -1.07. The summed E-state index contributed by atoms with van der Waals surface area (Å²) in [5, 5.41) is 8.52. The first-order chi connectivity index (χ1) is 8.59. The van der Waals surface area contributed by atoms with E-state index < -0.39 is 5.97 Å². The molecule has 0 saturated heterocycles. The smallest absolute Gasteiger partial charge is 0.303 e. The molecule has 1 aromatic rings. The lowest BCUT2D eigenvalue weighted by Crippen LogP contribution is -2.23. The number of halogens is 1. The average molecular weight is 271 g/mol. The quantitative estimate of drug-likeness (QED) is 0.738. The summed E-state index contributed by atoms with van der Waals surface area (Å²) in [4.78, 5) is 13.1. The van der Waals surface area contributed by atoms with Crippen molar-refractivity contribution in [3.05, 3.63) is 30.1 Å². The SMILES string of the molecule is CN(CCCC(=O)O)CCSc1ccccc1F. The normalized spacial score (nSPS) is 10.8. The number of nitrogens with zero attached hydrogens (tertiary/aromatic N) is 1. The molecule has 100 valence electrons. The van der Waals surface area contributed by atoms with Gasteiger partial charge in [-0.15, -0.1) is 11.8 Å². The van der Waals surface area contributed by atoms with E-state index in [4.69, 9.17) is 5.11 Å². The Kier molecular flexibility index (Phi) is 6.75. The van der Waals surface area contributed by atoms with Crippen LogP contribution in [0.2, 0.25) is 0 Å². The van der Waals surface area contributed by atoms with Gasteiger partial charge in [-0.3, -0.25) is 4.79 Å². The Balaban J connectivity index is 2.17. The van der Waals surface area contributed by atoms with E-state index in [0.717, 1.165) is 18.8 Å². The predicted molar refractivity (Wildman–Crippen MR) is 71.5 cm³/mol. The third-order valence-corrected chi connectivity index (χ3v) is 3.53. The molecule has 0 amide bonds. The minimum Gasteiger partial charge on any atom is -0.481 e. The summed E-state index contributed by atoms with van der Waals surface area (Å²) < 4.78 is 13.3. The van der Waals surface area contributed by atoms with Gasteiger partial charge in [0, 0.05) is 23.6 Å². The second-order valence-electron chi connectivity index (χ2n) is 4.08. The lowest BCUT2D eigenvalue weighted by atomic mass is 10.3. The Labute approximate surface area is 111 Å². The minimum absolute atomic E-state index is 0.184. The van der Waals surface area contributed by atoms with Gasteiger partial charge in [0.25, 0.3) is 0 Å². The van der Waals surface area contributed by atoms with Crippen LogP contribution in [-0.4, -0.2) is 41.9 Å². The lowest BCUT2D eigenvalue weighted by molar-refractivity contribution is -0.137. The highest BCUT2D eigenvalue weighted by atomic mass is 32.2. The zero-order chi connectivity index (χ0) is 13.4. The van der Waals surface area contributed by atoms with Crippen molar-refractivity contribution >= 4 is 17.7 Å². The van der Waals surface area contributed by atoms with Crippen molar-refractivity contribution in [3.63, 3.8) is 0 Å². The summed E-state index contributed by atoms with van der Waals surface area (Å²) in [5.74, 6) is -0.148. The van der Waals surface area contributed by atoms with Gasteiger partial charge in [0.05, 0.1) is 0 Å². The molecule has 18 heavy (non-hydrogen) atoms. The molecule has 0 bridgehead atoms. The molecule has 3 nitrogen and oxygen atoms in total. The molecule has 0 spiro atoms. The molecule has 0 atom stereocenters. The van der Waals surface area contributed by atoms with Gasteiger partial charge >= 0.3 is 5.97 Å². The lowest BCUT2D eigenvalue weighted by Gasteiger charge is -2.15. The van der Waals surface area contributed by atoms with E-state index in [1.807, 2.05) is 13.1 Å². The molecule has 0 fully saturated rings. The molecule has 0 aliphatic heterocycles. The fourth-order valence-electron chi connectivity index (χ4n) is 1.49. The van der Waals surface area contributed by atoms with Gasteiger partial charge in [-0.05, 0) is 32.1 Å². The van der Waals surface area contributed by atoms with E-state index in [9.17, 15) is 9.18 Å². The fraction of sp³-hybridized carbons (Fsp3) is 0.462. The zero-order valence-electron chi connectivity index (χ0n) is 10.4. The summed E-state index contributed by atoms with van der Waals surface area (Å²) in [5.41, 5.74) is 0.